The number of rotatable bonds is 3. The predicted octanol–water partition coefficient (Wildman–Crippen LogP) is 2.00. The Morgan fingerprint density at radius 1 is 1.30 bits per heavy atom. The summed E-state index contributed by atoms with van der Waals surface area (Å²) >= 11 is 0. The third-order valence-electron chi connectivity index (χ3n) is 4.29. The maximum absolute atomic E-state index is 13.9. The van der Waals surface area contributed by atoms with E-state index in [2.05, 4.69) is 15.1 Å². The Labute approximate surface area is 154 Å². The Kier molecular flexibility index (Phi) is 5.30. The lowest BCUT2D eigenvalue weighted by molar-refractivity contribution is -0.122. The number of aromatic nitrogens is 4. The third kappa shape index (κ3) is 3.71. The summed E-state index contributed by atoms with van der Waals surface area (Å²) in [5, 5.41) is 21.0. The fourth-order valence-electron chi connectivity index (χ4n) is 3.11. The number of benzene rings is 1. The van der Waals surface area contributed by atoms with E-state index in [0.29, 0.717) is 23.6 Å². The minimum Gasteiger partial charge on any atom is -0.503 e. The molecule has 1 aliphatic carbocycles. The lowest BCUT2D eigenvalue weighted by atomic mass is 10.2. The molecule has 4 N–H and O–H groups in total. The van der Waals surface area contributed by atoms with Crippen LogP contribution in [0.15, 0.2) is 30.5 Å². The van der Waals surface area contributed by atoms with Crippen LogP contribution in [-0.2, 0) is 24.2 Å². The molecule has 3 aromatic rings. The van der Waals surface area contributed by atoms with Crippen LogP contribution in [0.3, 0.4) is 0 Å². The van der Waals surface area contributed by atoms with Crippen LogP contribution in [-0.4, -0.2) is 36.4 Å². The number of aromatic hydroxyl groups is 1. The number of fused-ring (bicyclic) bond motifs is 1. The lowest BCUT2D eigenvalue weighted by Crippen LogP contribution is -2.07. The van der Waals surface area contributed by atoms with Crippen molar-refractivity contribution in [3.8, 4) is 17.3 Å². The van der Waals surface area contributed by atoms with Crippen molar-refractivity contribution in [3.63, 3.8) is 0 Å². The number of nitrogens with two attached hydrogens (primary N) is 1. The van der Waals surface area contributed by atoms with Crippen molar-refractivity contribution in [2.45, 2.75) is 25.8 Å². The van der Waals surface area contributed by atoms with E-state index in [-0.39, 0.29) is 23.9 Å². The van der Waals surface area contributed by atoms with E-state index >= 15 is 0 Å². The summed E-state index contributed by atoms with van der Waals surface area (Å²) in [5.74, 6) is 0.0127. The monoisotopic (exact) mass is 371 g/mol. The van der Waals surface area contributed by atoms with E-state index in [0.717, 1.165) is 30.5 Å². The van der Waals surface area contributed by atoms with Gasteiger partial charge in [0.1, 0.15) is 11.5 Å². The van der Waals surface area contributed by atoms with Crippen LogP contribution >= 0.6 is 0 Å². The normalized spacial score (nSPS) is 12.2. The number of anilines is 1. The van der Waals surface area contributed by atoms with Gasteiger partial charge in [0.25, 0.3) is 6.47 Å². The largest absolute Gasteiger partial charge is 0.503 e. The molecule has 0 amide bonds. The van der Waals surface area contributed by atoms with Crippen molar-refractivity contribution in [1.82, 2.24) is 19.7 Å². The summed E-state index contributed by atoms with van der Waals surface area (Å²) < 4.78 is 15.8. The molecular formula is C18H18FN5O3. The first-order valence-electron chi connectivity index (χ1n) is 8.26. The highest BCUT2D eigenvalue weighted by Gasteiger charge is 2.25. The highest BCUT2D eigenvalue weighted by atomic mass is 19.1. The molecular weight excluding hydrogens is 353 g/mol. The lowest BCUT2D eigenvalue weighted by Gasteiger charge is -2.06. The molecule has 4 rings (SSSR count). The predicted molar refractivity (Wildman–Crippen MR) is 95.6 cm³/mol. The van der Waals surface area contributed by atoms with Crippen LogP contribution in [0.25, 0.3) is 11.5 Å². The second-order valence-corrected chi connectivity index (χ2v) is 5.95. The Hall–Kier alpha value is -3.49. The molecule has 2 aromatic heterocycles. The summed E-state index contributed by atoms with van der Waals surface area (Å²) in [4.78, 5) is 16.6. The maximum Gasteiger partial charge on any atom is 0.290 e. The second kappa shape index (κ2) is 7.81. The molecule has 8 nitrogen and oxygen atoms in total. The average molecular weight is 371 g/mol. The van der Waals surface area contributed by atoms with Gasteiger partial charge in [0.15, 0.2) is 17.4 Å². The molecule has 1 aromatic carbocycles. The standard InChI is InChI=1S/C17H16FN5O.CH2O2/c18-12-6-2-1-4-10(12)9-23-13-7-3-5-11(13)15(22-23)17-20-8-14(24)16(19)21-17;2-1-3/h1-2,4,6,8,24H,3,5,7,9H2,(H2,19,20,21);1H,(H,2,3). The first-order chi connectivity index (χ1) is 13.0. The number of carbonyl (C=O) groups is 1. The van der Waals surface area contributed by atoms with Gasteiger partial charge in [-0.1, -0.05) is 18.2 Å². The van der Waals surface area contributed by atoms with Gasteiger partial charge in [0.2, 0.25) is 0 Å². The molecule has 0 saturated heterocycles. The fraction of sp³-hybridized carbons (Fsp3) is 0.222. The van der Waals surface area contributed by atoms with Gasteiger partial charge < -0.3 is 15.9 Å². The van der Waals surface area contributed by atoms with Gasteiger partial charge in [-0.25, -0.2) is 14.4 Å². The number of carboxylic acid groups (broad SMARTS) is 1. The van der Waals surface area contributed by atoms with Crippen LogP contribution < -0.4 is 5.73 Å². The van der Waals surface area contributed by atoms with E-state index in [1.165, 1.54) is 12.3 Å². The SMILES string of the molecule is Nc1nc(-c2nn(Cc3ccccc3F)c3c2CCC3)ncc1O.O=CO. The highest BCUT2D eigenvalue weighted by Crippen LogP contribution is 2.32. The van der Waals surface area contributed by atoms with Gasteiger partial charge in [-0.2, -0.15) is 5.10 Å². The third-order valence-corrected chi connectivity index (χ3v) is 4.29. The number of halogens is 1. The summed E-state index contributed by atoms with van der Waals surface area (Å²) in [6, 6.07) is 6.69. The van der Waals surface area contributed by atoms with E-state index < -0.39 is 0 Å². The Morgan fingerprint density at radius 2 is 2.04 bits per heavy atom. The molecule has 2 heterocycles. The van der Waals surface area contributed by atoms with Crippen molar-refractivity contribution in [3.05, 3.63) is 53.1 Å². The van der Waals surface area contributed by atoms with Gasteiger partial charge >= 0.3 is 0 Å². The van der Waals surface area contributed by atoms with Crippen LogP contribution in [0.4, 0.5) is 10.2 Å². The first kappa shape index (κ1) is 18.3. The molecule has 0 bridgehead atoms. The molecule has 0 fully saturated rings. The average Bonchev–Trinajstić information content (AvgIpc) is 3.24. The van der Waals surface area contributed by atoms with Crippen molar-refractivity contribution in [1.29, 1.82) is 0 Å². The Bertz CT molecular complexity index is 974. The quantitative estimate of drug-likeness (QED) is 0.601. The molecule has 9 heteroatoms. The molecule has 0 saturated carbocycles. The Morgan fingerprint density at radius 3 is 2.74 bits per heavy atom. The van der Waals surface area contributed by atoms with Crippen molar-refractivity contribution >= 4 is 12.3 Å². The number of hydrogen-bond acceptors (Lipinski definition) is 6. The molecule has 27 heavy (non-hydrogen) atoms. The van der Waals surface area contributed by atoms with Gasteiger partial charge in [-0.05, 0) is 25.3 Å². The van der Waals surface area contributed by atoms with Gasteiger partial charge in [0.05, 0.1) is 12.7 Å². The highest BCUT2D eigenvalue weighted by molar-refractivity contribution is 5.60. The number of nitrogen functional groups attached to an aromatic ring is 1. The molecule has 0 radical (unpaired) electrons. The van der Waals surface area contributed by atoms with Gasteiger partial charge in [0, 0.05) is 16.8 Å². The molecule has 140 valence electrons. The molecule has 0 atom stereocenters. The second-order valence-electron chi connectivity index (χ2n) is 5.95. The Balaban J connectivity index is 0.000000659. The van der Waals surface area contributed by atoms with Gasteiger partial charge in [-0.15, -0.1) is 0 Å². The van der Waals surface area contributed by atoms with Crippen LogP contribution in [0.2, 0.25) is 0 Å². The summed E-state index contributed by atoms with van der Waals surface area (Å²) in [5.41, 5.74) is 9.08. The number of nitrogens with zero attached hydrogens (tertiary/aromatic N) is 4. The summed E-state index contributed by atoms with van der Waals surface area (Å²) in [6.07, 6.45) is 4.07. The van der Waals surface area contributed by atoms with Gasteiger partial charge in [-0.3, -0.25) is 9.48 Å². The fourth-order valence-corrected chi connectivity index (χ4v) is 3.11. The molecule has 0 spiro atoms. The molecule has 1 aliphatic rings. The first-order valence-corrected chi connectivity index (χ1v) is 8.26. The van der Waals surface area contributed by atoms with Crippen LogP contribution in [0.1, 0.15) is 23.2 Å². The summed E-state index contributed by atoms with van der Waals surface area (Å²) in [7, 11) is 0. The van der Waals surface area contributed by atoms with E-state index in [1.807, 2.05) is 10.7 Å². The maximum atomic E-state index is 13.9. The number of hydrogen-bond donors (Lipinski definition) is 3. The van der Waals surface area contributed by atoms with Crippen LogP contribution in [0, 0.1) is 5.82 Å². The summed E-state index contributed by atoms with van der Waals surface area (Å²) in [6.45, 7) is 0.114. The topological polar surface area (TPSA) is 127 Å². The van der Waals surface area contributed by atoms with Crippen molar-refractivity contribution in [2.24, 2.45) is 0 Å². The molecule has 0 unspecified atom stereocenters. The smallest absolute Gasteiger partial charge is 0.290 e. The minimum absolute atomic E-state index is 0.0235. The van der Waals surface area contributed by atoms with E-state index in [9.17, 15) is 9.50 Å². The molecule has 0 aliphatic heterocycles. The van der Waals surface area contributed by atoms with Crippen molar-refractivity contribution < 1.29 is 19.4 Å². The van der Waals surface area contributed by atoms with Crippen LogP contribution in [0.5, 0.6) is 5.75 Å². The zero-order valence-electron chi connectivity index (χ0n) is 14.3. The zero-order valence-corrected chi connectivity index (χ0v) is 14.3. The zero-order chi connectivity index (χ0) is 19.4. The van der Waals surface area contributed by atoms with E-state index in [1.54, 1.807) is 12.1 Å². The van der Waals surface area contributed by atoms with Crippen molar-refractivity contribution in [2.75, 3.05) is 5.73 Å². The minimum atomic E-state index is -0.250. The van der Waals surface area contributed by atoms with E-state index in [4.69, 9.17) is 15.6 Å².